The van der Waals surface area contributed by atoms with Gasteiger partial charge < -0.3 is 5.32 Å². The molecule has 0 atom stereocenters. The van der Waals surface area contributed by atoms with Crippen LogP contribution in [0.5, 0.6) is 0 Å². The Balaban J connectivity index is 1.63. The van der Waals surface area contributed by atoms with Gasteiger partial charge in [-0.3, -0.25) is 23.3 Å². The molecule has 0 fully saturated rings. The average molecular weight is 531 g/mol. The molecule has 2 aromatic carbocycles. The summed E-state index contributed by atoms with van der Waals surface area (Å²) in [6.07, 6.45) is 3.17. The van der Waals surface area contributed by atoms with E-state index in [2.05, 4.69) is 20.5 Å². The highest BCUT2D eigenvalue weighted by Gasteiger charge is 2.18. The largest absolute Gasteiger partial charge is 0.340 e. The summed E-state index contributed by atoms with van der Waals surface area (Å²) >= 11 is 6.41. The van der Waals surface area contributed by atoms with Crippen molar-refractivity contribution < 1.29 is 13.2 Å². The zero-order valence-corrected chi connectivity index (χ0v) is 20.2. The third-order valence-electron chi connectivity index (χ3n) is 5.58. The van der Waals surface area contributed by atoms with E-state index in [-0.39, 0.29) is 28.8 Å². The van der Waals surface area contributed by atoms with Gasteiger partial charge in [-0.2, -0.15) is 10.2 Å². The normalized spacial score (nSPS) is 11.4. The second-order valence-electron chi connectivity index (χ2n) is 8.35. The topological polar surface area (TPSA) is 105 Å². The summed E-state index contributed by atoms with van der Waals surface area (Å²) in [5, 5.41) is 12.3. The molecular weight excluding hydrogens is 513 g/mol. The van der Waals surface area contributed by atoms with Crippen LogP contribution >= 0.6 is 11.6 Å². The van der Waals surface area contributed by atoms with E-state index in [0.717, 1.165) is 32.7 Å². The molecule has 37 heavy (non-hydrogen) atoms. The van der Waals surface area contributed by atoms with Gasteiger partial charge in [0.1, 0.15) is 12.1 Å². The van der Waals surface area contributed by atoms with Gasteiger partial charge in [0, 0.05) is 31.7 Å². The van der Waals surface area contributed by atoms with Crippen molar-refractivity contribution >= 4 is 34.0 Å². The predicted octanol–water partition coefficient (Wildman–Crippen LogP) is 2.94. The molecule has 5 rings (SSSR count). The SMILES string of the molecule is Cn1cnc(Cn2c(=O)cc(Nc3cc4cn(C)nc4cc3Cl)n(Cc3cc(F)c(F)c(F)c3)c2=O)n1. The Hall–Kier alpha value is -4.39. The first-order valence-corrected chi connectivity index (χ1v) is 11.2. The Morgan fingerprint density at radius 3 is 2.32 bits per heavy atom. The Labute approximate surface area is 211 Å². The van der Waals surface area contributed by atoms with Gasteiger partial charge in [0.15, 0.2) is 23.3 Å². The van der Waals surface area contributed by atoms with E-state index in [1.165, 1.54) is 11.0 Å². The summed E-state index contributed by atoms with van der Waals surface area (Å²) in [6.45, 7) is -0.634. The monoisotopic (exact) mass is 530 g/mol. The predicted molar refractivity (Wildman–Crippen MR) is 129 cm³/mol. The van der Waals surface area contributed by atoms with Crippen molar-refractivity contribution in [1.29, 1.82) is 0 Å². The van der Waals surface area contributed by atoms with Crippen LogP contribution in [0.4, 0.5) is 24.7 Å². The van der Waals surface area contributed by atoms with Crippen molar-refractivity contribution in [3.8, 4) is 0 Å². The van der Waals surface area contributed by atoms with Crippen LogP contribution in [0.3, 0.4) is 0 Å². The molecule has 3 aromatic heterocycles. The van der Waals surface area contributed by atoms with Gasteiger partial charge in [0.25, 0.3) is 5.56 Å². The molecule has 3 heterocycles. The minimum atomic E-state index is -1.63. The lowest BCUT2D eigenvalue weighted by Crippen LogP contribution is -2.41. The summed E-state index contributed by atoms with van der Waals surface area (Å²) < 4.78 is 46.3. The van der Waals surface area contributed by atoms with Crippen molar-refractivity contribution in [3.63, 3.8) is 0 Å². The first kappa shape index (κ1) is 24.3. The third kappa shape index (κ3) is 4.72. The van der Waals surface area contributed by atoms with Crippen LogP contribution in [0.15, 0.2) is 52.4 Å². The fraction of sp³-hybridized carbons (Fsp3) is 0.174. The summed E-state index contributed by atoms with van der Waals surface area (Å²) in [7, 11) is 3.38. The zero-order chi connectivity index (χ0) is 26.4. The maximum Gasteiger partial charge on any atom is 0.333 e. The quantitative estimate of drug-likeness (QED) is 0.339. The summed E-state index contributed by atoms with van der Waals surface area (Å²) in [4.78, 5) is 30.5. The van der Waals surface area contributed by atoms with Crippen LogP contribution in [0, 0.1) is 17.5 Å². The lowest BCUT2D eigenvalue weighted by Gasteiger charge is -2.17. The summed E-state index contributed by atoms with van der Waals surface area (Å²) in [5.74, 6) is -4.24. The Kier molecular flexibility index (Phi) is 6.07. The summed E-state index contributed by atoms with van der Waals surface area (Å²) in [5.41, 5.74) is -0.546. The fourth-order valence-corrected chi connectivity index (χ4v) is 4.11. The van der Waals surface area contributed by atoms with Gasteiger partial charge in [-0.1, -0.05) is 11.6 Å². The fourth-order valence-electron chi connectivity index (χ4n) is 3.90. The first-order valence-electron chi connectivity index (χ1n) is 10.8. The maximum atomic E-state index is 13.9. The highest BCUT2D eigenvalue weighted by Crippen LogP contribution is 2.30. The molecule has 0 radical (unpaired) electrons. The van der Waals surface area contributed by atoms with Crippen molar-refractivity contribution in [2.45, 2.75) is 13.1 Å². The van der Waals surface area contributed by atoms with E-state index < -0.39 is 35.2 Å². The number of fused-ring (bicyclic) bond motifs is 1. The van der Waals surface area contributed by atoms with Gasteiger partial charge in [-0.15, -0.1) is 0 Å². The smallest absolute Gasteiger partial charge is 0.333 e. The molecule has 5 aromatic rings. The molecule has 0 aliphatic heterocycles. The highest BCUT2D eigenvalue weighted by atomic mass is 35.5. The van der Waals surface area contributed by atoms with Crippen molar-refractivity contribution in [1.82, 2.24) is 33.7 Å². The molecular formula is C23H18ClF3N8O2. The number of rotatable bonds is 6. The van der Waals surface area contributed by atoms with E-state index in [1.807, 2.05) is 0 Å². The molecule has 0 aliphatic carbocycles. The number of hydrogen-bond acceptors (Lipinski definition) is 6. The van der Waals surface area contributed by atoms with Gasteiger partial charge >= 0.3 is 5.69 Å². The lowest BCUT2D eigenvalue weighted by molar-refractivity contribution is 0.444. The molecule has 10 nitrogen and oxygen atoms in total. The number of aromatic nitrogens is 7. The van der Waals surface area contributed by atoms with Gasteiger partial charge in [0.05, 0.1) is 29.3 Å². The number of hydrogen-bond donors (Lipinski definition) is 1. The molecule has 0 bridgehead atoms. The number of nitrogens with zero attached hydrogens (tertiary/aromatic N) is 7. The van der Waals surface area contributed by atoms with Crippen LogP contribution in [-0.2, 0) is 27.2 Å². The molecule has 190 valence electrons. The van der Waals surface area contributed by atoms with E-state index in [1.54, 1.807) is 37.1 Å². The van der Waals surface area contributed by atoms with E-state index in [0.29, 0.717) is 11.2 Å². The number of aryl methyl sites for hydroxylation is 2. The Bertz CT molecular complexity index is 1770. The molecule has 0 unspecified atom stereocenters. The zero-order valence-electron chi connectivity index (χ0n) is 19.4. The van der Waals surface area contributed by atoms with Crippen LogP contribution in [-0.4, -0.2) is 33.7 Å². The standard InChI is InChI=1S/C23H18ClF3N8O2/c1-32-9-13-5-18(14(24)6-17(13)30-32)29-20-7-21(36)35(10-19-28-11-33(2)31-19)23(37)34(20)8-12-3-15(25)22(27)16(26)4-12/h3-7,9,11,29H,8,10H2,1-2H3. The van der Waals surface area contributed by atoms with E-state index in [9.17, 15) is 22.8 Å². The maximum absolute atomic E-state index is 13.9. The number of benzene rings is 2. The van der Waals surface area contributed by atoms with Gasteiger partial charge in [0.2, 0.25) is 0 Å². The van der Waals surface area contributed by atoms with Crippen molar-refractivity contribution in [3.05, 3.63) is 97.6 Å². The first-order chi connectivity index (χ1) is 17.6. The molecule has 14 heteroatoms. The van der Waals surface area contributed by atoms with Crippen LogP contribution < -0.4 is 16.6 Å². The number of anilines is 2. The lowest BCUT2D eigenvalue weighted by atomic mass is 10.2. The number of nitrogens with one attached hydrogen (secondary N) is 1. The summed E-state index contributed by atoms with van der Waals surface area (Å²) in [6, 6.07) is 5.99. The molecule has 0 saturated carbocycles. The van der Waals surface area contributed by atoms with Gasteiger partial charge in [-0.25, -0.2) is 22.9 Å². The molecule has 0 spiro atoms. The average Bonchev–Trinajstić information content (AvgIpc) is 3.41. The minimum Gasteiger partial charge on any atom is -0.340 e. The van der Waals surface area contributed by atoms with Crippen molar-refractivity contribution in [2.75, 3.05) is 5.32 Å². The van der Waals surface area contributed by atoms with Crippen molar-refractivity contribution in [2.24, 2.45) is 14.1 Å². The molecule has 1 N–H and O–H groups in total. The minimum absolute atomic E-state index is 0.00416. The van der Waals surface area contributed by atoms with Crippen LogP contribution in [0.2, 0.25) is 5.02 Å². The van der Waals surface area contributed by atoms with E-state index in [4.69, 9.17) is 11.6 Å². The second kappa shape index (κ2) is 9.24. The van der Waals surface area contributed by atoms with Gasteiger partial charge in [-0.05, 0) is 29.8 Å². The molecule has 0 amide bonds. The highest BCUT2D eigenvalue weighted by molar-refractivity contribution is 6.34. The Morgan fingerprint density at radius 1 is 0.919 bits per heavy atom. The number of halogens is 4. The van der Waals surface area contributed by atoms with E-state index >= 15 is 0 Å². The Morgan fingerprint density at radius 2 is 1.65 bits per heavy atom. The third-order valence-corrected chi connectivity index (χ3v) is 5.89. The van der Waals surface area contributed by atoms with Crippen LogP contribution in [0.1, 0.15) is 11.4 Å². The molecule has 0 aliphatic rings. The van der Waals surface area contributed by atoms with Crippen LogP contribution in [0.25, 0.3) is 10.9 Å². The molecule has 0 saturated heterocycles. The second-order valence-corrected chi connectivity index (χ2v) is 8.76.